The van der Waals surface area contributed by atoms with Crippen LogP contribution in [0.25, 0.3) is 0 Å². The van der Waals surface area contributed by atoms with Crippen molar-refractivity contribution < 1.29 is 12.8 Å². The van der Waals surface area contributed by atoms with Crippen molar-refractivity contribution in [1.82, 2.24) is 4.72 Å². The summed E-state index contributed by atoms with van der Waals surface area (Å²) in [5.74, 6) is -0.440. The fourth-order valence-corrected chi connectivity index (χ4v) is 4.26. The summed E-state index contributed by atoms with van der Waals surface area (Å²) in [7, 11) is -3.87. The summed E-state index contributed by atoms with van der Waals surface area (Å²) in [5, 5.41) is 0. The minimum absolute atomic E-state index is 0.233. The van der Waals surface area contributed by atoms with E-state index < -0.39 is 15.8 Å². The topological polar surface area (TPSA) is 72.2 Å². The molecule has 0 aliphatic heterocycles. The third-order valence-electron chi connectivity index (χ3n) is 3.98. The third kappa shape index (κ3) is 3.19. The zero-order valence-corrected chi connectivity index (χ0v) is 12.4. The van der Waals surface area contributed by atoms with Gasteiger partial charge in [0, 0.05) is 12.6 Å². The Kier molecular flexibility index (Phi) is 4.78. The molecule has 112 valence electrons. The first-order valence-corrected chi connectivity index (χ1v) is 8.41. The van der Waals surface area contributed by atoms with Crippen LogP contribution in [0.1, 0.15) is 31.2 Å². The van der Waals surface area contributed by atoms with E-state index >= 15 is 0 Å². The van der Waals surface area contributed by atoms with Gasteiger partial charge in [0.25, 0.3) is 0 Å². The van der Waals surface area contributed by atoms with Crippen LogP contribution in [0.5, 0.6) is 0 Å². The molecule has 0 bridgehead atoms. The number of hydrogen-bond acceptors (Lipinski definition) is 3. The molecule has 0 radical (unpaired) electrons. The van der Waals surface area contributed by atoms with E-state index in [9.17, 15) is 12.8 Å². The van der Waals surface area contributed by atoms with Crippen LogP contribution < -0.4 is 10.5 Å². The molecule has 6 heteroatoms. The second kappa shape index (κ2) is 6.20. The SMILES string of the molecule is Cc1cccc(S(=O)(=O)NC(CN)C2CCCC2)c1F. The highest BCUT2D eigenvalue weighted by molar-refractivity contribution is 7.89. The van der Waals surface area contributed by atoms with Gasteiger partial charge in [-0.3, -0.25) is 0 Å². The molecule has 0 saturated heterocycles. The van der Waals surface area contributed by atoms with E-state index in [1.165, 1.54) is 6.07 Å². The van der Waals surface area contributed by atoms with Crippen molar-refractivity contribution in [2.75, 3.05) is 6.54 Å². The maximum Gasteiger partial charge on any atom is 0.243 e. The van der Waals surface area contributed by atoms with Gasteiger partial charge in [0.2, 0.25) is 10.0 Å². The first-order valence-electron chi connectivity index (χ1n) is 6.93. The van der Waals surface area contributed by atoms with Crippen molar-refractivity contribution in [3.63, 3.8) is 0 Å². The van der Waals surface area contributed by atoms with Crippen LogP contribution >= 0.6 is 0 Å². The van der Waals surface area contributed by atoms with Gasteiger partial charge in [-0.05, 0) is 37.3 Å². The third-order valence-corrected chi connectivity index (χ3v) is 5.48. The minimum atomic E-state index is -3.87. The largest absolute Gasteiger partial charge is 0.329 e. The van der Waals surface area contributed by atoms with Gasteiger partial charge in [-0.1, -0.05) is 25.0 Å². The maximum absolute atomic E-state index is 14.0. The molecule has 1 aromatic rings. The number of nitrogens with one attached hydrogen (secondary N) is 1. The average Bonchev–Trinajstić information content (AvgIpc) is 2.93. The molecule has 0 aromatic heterocycles. The Hall–Kier alpha value is -0.980. The van der Waals surface area contributed by atoms with Gasteiger partial charge < -0.3 is 5.73 Å². The van der Waals surface area contributed by atoms with Crippen molar-refractivity contribution in [2.24, 2.45) is 11.7 Å². The lowest BCUT2D eigenvalue weighted by atomic mass is 9.99. The van der Waals surface area contributed by atoms with E-state index in [1.54, 1.807) is 19.1 Å². The lowest BCUT2D eigenvalue weighted by Crippen LogP contribution is -2.44. The fourth-order valence-electron chi connectivity index (χ4n) is 2.79. The van der Waals surface area contributed by atoms with Crippen LogP contribution in [0.4, 0.5) is 4.39 Å². The van der Waals surface area contributed by atoms with Crippen LogP contribution in [0.2, 0.25) is 0 Å². The van der Waals surface area contributed by atoms with E-state index in [-0.39, 0.29) is 23.4 Å². The summed E-state index contributed by atoms with van der Waals surface area (Å²) in [6.07, 6.45) is 4.14. The summed E-state index contributed by atoms with van der Waals surface area (Å²) < 4.78 is 41.2. The van der Waals surface area contributed by atoms with Gasteiger partial charge >= 0.3 is 0 Å². The van der Waals surface area contributed by atoms with Gasteiger partial charge in [0.15, 0.2) is 0 Å². The monoisotopic (exact) mass is 300 g/mol. The van der Waals surface area contributed by atoms with Crippen LogP contribution in [0, 0.1) is 18.7 Å². The standard InChI is InChI=1S/C14H21FN2O2S/c1-10-5-4-8-13(14(10)15)20(18,19)17-12(9-16)11-6-2-3-7-11/h4-5,8,11-12,17H,2-3,6-7,9,16H2,1H3. The van der Waals surface area contributed by atoms with Gasteiger partial charge in [0.05, 0.1) is 0 Å². The number of sulfonamides is 1. The van der Waals surface area contributed by atoms with E-state index in [0.717, 1.165) is 25.7 Å². The number of rotatable bonds is 5. The lowest BCUT2D eigenvalue weighted by Gasteiger charge is -2.23. The highest BCUT2D eigenvalue weighted by Crippen LogP contribution is 2.28. The predicted molar refractivity (Wildman–Crippen MR) is 76.3 cm³/mol. The van der Waals surface area contributed by atoms with Crippen molar-refractivity contribution >= 4 is 10.0 Å². The number of halogens is 1. The van der Waals surface area contributed by atoms with E-state index in [0.29, 0.717) is 5.56 Å². The summed E-state index contributed by atoms with van der Waals surface area (Å²) in [4.78, 5) is -0.297. The van der Waals surface area contributed by atoms with Gasteiger partial charge in [-0.2, -0.15) is 0 Å². The van der Waals surface area contributed by atoms with Crippen molar-refractivity contribution in [1.29, 1.82) is 0 Å². The van der Waals surface area contributed by atoms with Gasteiger partial charge in [0.1, 0.15) is 10.7 Å². The molecule has 0 amide bonds. The molecule has 1 saturated carbocycles. The Balaban J connectivity index is 2.23. The molecule has 1 aliphatic rings. The van der Waals surface area contributed by atoms with Gasteiger partial charge in [-0.15, -0.1) is 0 Å². The number of hydrogen-bond donors (Lipinski definition) is 2. The van der Waals surface area contributed by atoms with Crippen LogP contribution in [0.15, 0.2) is 23.1 Å². The predicted octanol–water partition coefficient (Wildman–Crippen LogP) is 1.93. The molecule has 1 unspecified atom stereocenters. The zero-order valence-electron chi connectivity index (χ0n) is 11.6. The molecule has 1 atom stereocenters. The Morgan fingerprint density at radius 1 is 1.40 bits per heavy atom. The average molecular weight is 300 g/mol. The molecule has 4 nitrogen and oxygen atoms in total. The quantitative estimate of drug-likeness (QED) is 0.873. The van der Waals surface area contributed by atoms with Gasteiger partial charge in [-0.25, -0.2) is 17.5 Å². The summed E-state index contributed by atoms with van der Waals surface area (Å²) >= 11 is 0. The van der Waals surface area contributed by atoms with E-state index in [2.05, 4.69) is 4.72 Å². The molecule has 2 rings (SSSR count). The Morgan fingerprint density at radius 2 is 2.05 bits per heavy atom. The highest BCUT2D eigenvalue weighted by atomic mass is 32.2. The molecule has 20 heavy (non-hydrogen) atoms. The summed E-state index contributed by atoms with van der Waals surface area (Å²) in [5.41, 5.74) is 6.00. The molecule has 1 aliphatic carbocycles. The van der Waals surface area contributed by atoms with Crippen molar-refractivity contribution in [2.45, 2.75) is 43.5 Å². The molecule has 3 N–H and O–H groups in total. The zero-order chi connectivity index (χ0) is 14.8. The Bertz CT molecular complexity index is 569. The molecular weight excluding hydrogens is 279 g/mol. The van der Waals surface area contributed by atoms with E-state index in [1.807, 2.05) is 0 Å². The number of aryl methyl sites for hydroxylation is 1. The second-order valence-corrected chi connectivity index (χ2v) is 7.08. The first-order chi connectivity index (χ1) is 9.45. The van der Waals surface area contributed by atoms with Crippen LogP contribution in [-0.2, 0) is 10.0 Å². The lowest BCUT2D eigenvalue weighted by molar-refractivity contribution is 0.404. The van der Waals surface area contributed by atoms with Crippen LogP contribution in [0.3, 0.4) is 0 Å². The molecule has 1 aromatic carbocycles. The molecule has 1 fully saturated rings. The number of nitrogens with two attached hydrogens (primary N) is 1. The smallest absolute Gasteiger partial charge is 0.243 e. The normalized spacial score (nSPS) is 18.4. The number of benzene rings is 1. The Morgan fingerprint density at radius 3 is 2.65 bits per heavy atom. The van der Waals surface area contributed by atoms with Crippen molar-refractivity contribution in [3.8, 4) is 0 Å². The molecular formula is C14H21FN2O2S. The first kappa shape index (κ1) is 15.4. The fraction of sp³-hybridized carbons (Fsp3) is 0.571. The molecule has 0 heterocycles. The van der Waals surface area contributed by atoms with Crippen LogP contribution in [-0.4, -0.2) is 21.0 Å². The molecule has 0 spiro atoms. The van der Waals surface area contributed by atoms with Crippen molar-refractivity contribution in [3.05, 3.63) is 29.6 Å². The summed E-state index contributed by atoms with van der Waals surface area (Å²) in [6.45, 7) is 1.78. The maximum atomic E-state index is 14.0. The Labute approximate surface area is 119 Å². The summed E-state index contributed by atoms with van der Waals surface area (Å²) in [6, 6.07) is 4.06. The van der Waals surface area contributed by atoms with E-state index in [4.69, 9.17) is 5.73 Å². The second-order valence-electron chi connectivity index (χ2n) is 5.40. The highest BCUT2D eigenvalue weighted by Gasteiger charge is 2.29. The minimum Gasteiger partial charge on any atom is -0.329 e.